The van der Waals surface area contributed by atoms with E-state index in [2.05, 4.69) is 4.90 Å². The second kappa shape index (κ2) is 6.52. The summed E-state index contributed by atoms with van der Waals surface area (Å²) in [5.41, 5.74) is 0. The Morgan fingerprint density at radius 2 is 1.33 bits per heavy atom. The van der Waals surface area contributed by atoms with Crippen molar-refractivity contribution in [3.8, 4) is 0 Å². The summed E-state index contributed by atoms with van der Waals surface area (Å²) in [7, 11) is 0. The molecule has 2 fully saturated rings. The van der Waals surface area contributed by atoms with E-state index in [-0.39, 0.29) is 0 Å². The van der Waals surface area contributed by atoms with E-state index in [4.69, 9.17) is 0 Å². The number of nitrogens with zero attached hydrogens (tertiary/aromatic N) is 1. The predicted octanol–water partition coefficient (Wildman–Crippen LogP) is 3.83. The maximum atomic E-state index is 2.68. The summed E-state index contributed by atoms with van der Waals surface area (Å²) in [6.45, 7) is 4.16. The molecule has 1 aliphatic heterocycles. The lowest BCUT2D eigenvalue weighted by Gasteiger charge is -2.22. The predicted molar refractivity (Wildman–Crippen MR) is 66.1 cm³/mol. The normalized spacial score (nSPS) is 26.4. The van der Waals surface area contributed by atoms with Crippen LogP contribution in [0.3, 0.4) is 0 Å². The minimum atomic E-state index is 1.06. The Labute approximate surface area is 95.2 Å². The third-order valence-electron chi connectivity index (χ3n) is 4.28. The van der Waals surface area contributed by atoms with Crippen molar-refractivity contribution in [3.05, 3.63) is 0 Å². The van der Waals surface area contributed by atoms with Gasteiger partial charge in [0.1, 0.15) is 0 Å². The van der Waals surface area contributed by atoms with Gasteiger partial charge in [-0.2, -0.15) is 0 Å². The van der Waals surface area contributed by atoms with Crippen molar-refractivity contribution < 1.29 is 0 Å². The number of likely N-dealkylation sites (tertiary alicyclic amines) is 1. The van der Waals surface area contributed by atoms with Crippen molar-refractivity contribution >= 4 is 0 Å². The highest BCUT2D eigenvalue weighted by Crippen LogP contribution is 2.25. The lowest BCUT2D eigenvalue weighted by atomic mass is 9.89. The number of rotatable bonds is 3. The van der Waals surface area contributed by atoms with Crippen molar-refractivity contribution in [2.24, 2.45) is 5.92 Å². The fraction of sp³-hybridized carbons (Fsp3) is 1.00. The molecule has 0 bridgehead atoms. The van der Waals surface area contributed by atoms with Crippen LogP contribution in [0.4, 0.5) is 0 Å². The van der Waals surface area contributed by atoms with E-state index in [1.165, 1.54) is 83.8 Å². The van der Waals surface area contributed by atoms with E-state index in [9.17, 15) is 0 Å². The Kier molecular flexibility index (Phi) is 4.98. The molecule has 0 aromatic heterocycles. The molecule has 0 atom stereocenters. The monoisotopic (exact) mass is 209 g/mol. The molecule has 1 heteroatoms. The second-order valence-electron chi connectivity index (χ2n) is 5.55. The Bertz CT molecular complexity index is 153. The third-order valence-corrected chi connectivity index (χ3v) is 4.28. The molecule has 1 aliphatic carbocycles. The summed E-state index contributed by atoms with van der Waals surface area (Å²) in [5.74, 6) is 1.06. The Hall–Kier alpha value is -0.0400. The van der Waals surface area contributed by atoms with Crippen molar-refractivity contribution in [3.63, 3.8) is 0 Å². The maximum absolute atomic E-state index is 2.68. The Morgan fingerprint density at radius 1 is 0.733 bits per heavy atom. The van der Waals surface area contributed by atoms with Gasteiger partial charge in [0.15, 0.2) is 0 Å². The van der Waals surface area contributed by atoms with Gasteiger partial charge in [-0.15, -0.1) is 0 Å². The van der Waals surface area contributed by atoms with Gasteiger partial charge in [-0.1, -0.05) is 44.9 Å². The first-order valence-electron chi connectivity index (χ1n) is 7.17. The Balaban J connectivity index is 1.62. The fourth-order valence-electron chi connectivity index (χ4n) is 3.20. The van der Waals surface area contributed by atoms with Gasteiger partial charge < -0.3 is 4.90 Å². The lowest BCUT2D eigenvalue weighted by molar-refractivity contribution is 0.275. The van der Waals surface area contributed by atoms with Gasteiger partial charge in [0.25, 0.3) is 0 Å². The van der Waals surface area contributed by atoms with Gasteiger partial charge in [-0.25, -0.2) is 0 Å². The Morgan fingerprint density at radius 3 is 2.00 bits per heavy atom. The van der Waals surface area contributed by atoms with Crippen molar-refractivity contribution in [2.45, 2.75) is 64.2 Å². The molecule has 15 heavy (non-hydrogen) atoms. The zero-order valence-corrected chi connectivity index (χ0v) is 10.2. The highest BCUT2D eigenvalue weighted by Gasteiger charge is 2.15. The van der Waals surface area contributed by atoms with Crippen LogP contribution in [0.2, 0.25) is 0 Å². The van der Waals surface area contributed by atoms with E-state index in [1.54, 1.807) is 0 Å². The van der Waals surface area contributed by atoms with E-state index in [1.807, 2.05) is 0 Å². The zero-order valence-electron chi connectivity index (χ0n) is 10.2. The van der Waals surface area contributed by atoms with Gasteiger partial charge in [-0.3, -0.25) is 0 Å². The van der Waals surface area contributed by atoms with Crippen LogP contribution >= 0.6 is 0 Å². The van der Waals surface area contributed by atoms with Crippen molar-refractivity contribution in [2.75, 3.05) is 19.6 Å². The first kappa shape index (κ1) is 11.4. The van der Waals surface area contributed by atoms with Crippen LogP contribution in [-0.2, 0) is 0 Å². The minimum Gasteiger partial charge on any atom is -0.303 e. The van der Waals surface area contributed by atoms with Gasteiger partial charge in [0.05, 0.1) is 0 Å². The van der Waals surface area contributed by atoms with Crippen LogP contribution in [0.25, 0.3) is 0 Å². The highest BCUT2D eigenvalue weighted by molar-refractivity contribution is 4.70. The quantitative estimate of drug-likeness (QED) is 0.683. The standard InChI is InChI=1S/C14H27N/c1-2-4-8-14(9-5-3-1)10-13-15-11-6-7-12-15/h14H,1-13H2. The van der Waals surface area contributed by atoms with Crippen LogP contribution in [0.15, 0.2) is 0 Å². The van der Waals surface area contributed by atoms with Crippen LogP contribution in [0.1, 0.15) is 64.2 Å². The molecular formula is C14H27N. The molecular weight excluding hydrogens is 182 g/mol. The molecule has 0 amide bonds. The van der Waals surface area contributed by atoms with Crippen LogP contribution < -0.4 is 0 Å². The largest absolute Gasteiger partial charge is 0.303 e. The van der Waals surface area contributed by atoms with Crippen LogP contribution in [0, 0.1) is 5.92 Å². The van der Waals surface area contributed by atoms with E-state index in [0.29, 0.717) is 0 Å². The average Bonchev–Trinajstić information content (AvgIpc) is 2.68. The minimum absolute atomic E-state index is 1.06. The second-order valence-corrected chi connectivity index (χ2v) is 5.55. The smallest absolute Gasteiger partial charge is 0.00161 e. The number of hydrogen-bond acceptors (Lipinski definition) is 1. The molecule has 0 radical (unpaired) electrons. The average molecular weight is 209 g/mol. The van der Waals surface area contributed by atoms with E-state index in [0.717, 1.165) is 5.92 Å². The third kappa shape index (κ3) is 4.14. The summed E-state index contributed by atoms with van der Waals surface area (Å²) in [4.78, 5) is 2.68. The maximum Gasteiger partial charge on any atom is -0.00161 e. The van der Waals surface area contributed by atoms with Gasteiger partial charge in [0, 0.05) is 0 Å². The van der Waals surface area contributed by atoms with Gasteiger partial charge in [-0.05, 0) is 44.8 Å². The molecule has 0 unspecified atom stereocenters. The van der Waals surface area contributed by atoms with Gasteiger partial charge in [0.2, 0.25) is 0 Å². The lowest BCUT2D eigenvalue weighted by Crippen LogP contribution is -2.22. The molecule has 1 nitrogen and oxygen atoms in total. The molecule has 0 aromatic carbocycles. The van der Waals surface area contributed by atoms with Gasteiger partial charge >= 0.3 is 0 Å². The molecule has 2 rings (SSSR count). The van der Waals surface area contributed by atoms with E-state index >= 15 is 0 Å². The molecule has 0 spiro atoms. The summed E-state index contributed by atoms with van der Waals surface area (Å²) in [6.07, 6.45) is 14.9. The summed E-state index contributed by atoms with van der Waals surface area (Å²) in [5, 5.41) is 0. The molecule has 1 heterocycles. The van der Waals surface area contributed by atoms with E-state index < -0.39 is 0 Å². The highest BCUT2D eigenvalue weighted by atomic mass is 15.1. The van der Waals surface area contributed by atoms with Crippen LogP contribution in [-0.4, -0.2) is 24.5 Å². The first-order chi connectivity index (χ1) is 7.45. The number of hydrogen-bond donors (Lipinski definition) is 0. The molecule has 1 saturated heterocycles. The first-order valence-corrected chi connectivity index (χ1v) is 7.17. The van der Waals surface area contributed by atoms with Crippen LogP contribution in [0.5, 0.6) is 0 Å². The molecule has 88 valence electrons. The fourth-order valence-corrected chi connectivity index (χ4v) is 3.20. The molecule has 2 aliphatic rings. The SMILES string of the molecule is C1CCCC(CCN2CCCC2)CCC1. The molecule has 0 aromatic rings. The topological polar surface area (TPSA) is 3.24 Å². The summed E-state index contributed by atoms with van der Waals surface area (Å²) >= 11 is 0. The summed E-state index contributed by atoms with van der Waals surface area (Å²) in [6, 6.07) is 0. The summed E-state index contributed by atoms with van der Waals surface area (Å²) < 4.78 is 0. The zero-order chi connectivity index (χ0) is 10.3. The van der Waals surface area contributed by atoms with Crippen molar-refractivity contribution in [1.29, 1.82) is 0 Å². The van der Waals surface area contributed by atoms with Crippen molar-refractivity contribution in [1.82, 2.24) is 4.90 Å². The molecule has 1 saturated carbocycles. The molecule has 0 N–H and O–H groups in total.